The summed E-state index contributed by atoms with van der Waals surface area (Å²) in [6, 6.07) is 7.20. The van der Waals surface area contributed by atoms with E-state index in [0.29, 0.717) is 17.9 Å². The molecule has 0 aliphatic rings. The fraction of sp³-hybridized carbons (Fsp3) is 0.182. The van der Waals surface area contributed by atoms with Crippen LogP contribution in [-0.4, -0.2) is 21.5 Å². The summed E-state index contributed by atoms with van der Waals surface area (Å²) in [7, 11) is 0. The van der Waals surface area contributed by atoms with Gasteiger partial charge in [0.05, 0.1) is 6.54 Å². The van der Waals surface area contributed by atoms with E-state index in [1.807, 2.05) is 18.4 Å². The number of nitrogens with zero attached hydrogens (tertiary/aromatic N) is 2. The number of hydrogen-bond acceptors (Lipinski definition) is 5. The van der Waals surface area contributed by atoms with E-state index >= 15 is 0 Å². The van der Waals surface area contributed by atoms with E-state index in [1.54, 1.807) is 23.9 Å². The van der Waals surface area contributed by atoms with Crippen molar-refractivity contribution in [3.63, 3.8) is 0 Å². The van der Waals surface area contributed by atoms with Crippen molar-refractivity contribution in [2.75, 3.05) is 6.26 Å². The summed E-state index contributed by atoms with van der Waals surface area (Å²) in [5.74, 6) is 0.526. The first-order chi connectivity index (χ1) is 8.69. The summed E-state index contributed by atoms with van der Waals surface area (Å²) in [5.41, 5.74) is 0.624. The molecule has 0 spiro atoms. The van der Waals surface area contributed by atoms with Gasteiger partial charge in [-0.1, -0.05) is 27.7 Å². The standard InChI is InChI=1S/C11H10BrN3OS2/c1-17-11-14-9(15-18-11)6-13-10(16)7-2-4-8(12)5-3-7/h2-5H,6H2,1H3,(H,13,16). The molecule has 1 N–H and O–H groups in total. The number of hydrogen-bond donors (Lipinski definition) is 1. The van der Waals surface area contributed by atoms with Crippen LogP contribution in [0.3, 0.4) is 0 Å². The van der Waals surface area contributed by atoms with Crippen molar-refractivity contribution in [1.29, 1.82) is 0 Å². The number of carbonyl (C=O) groups is 1. The molecule has 0 atom stereocenters. The van der Waals surface area contributed by atoms with E-state index in [2.05, 4.69) is 30.6 Å². The summed E-state index contributed by atoms with van der Waals surface area (Å²) in [4.78, 5) is 16.1. The molecule has 0 aliphatic carbocycles. The molecule has 1 aromatic heterocycles. The van der Waals surface area contributed by atoms with Crippen LogP contribution in [0.15, 0.2) is 33.1 Å². The molecule has 2 rings (SSSR count). The second-order valence-corrected chi connectivity index (χ2v) is 6.09. The van der Waals surface area contributed by atoms with Crippen LogP contribution in [0.4, 0.5) is 0 Å². The third kappa shape index (κ3) is 3.54. The molecule has 0 saturated carbocycles. The van der Waals surface area contributed by atoms with E-state index < -0.39 is 0 Å². The van der Waals surface area contributed by atoms with E-state index in [0.717, 1.165) is 8.81 Å². The van der Waals surface area contributed by atoms with Gasteiger partial charge in [-0.25, -0.2) is 4.98 Å². The van der Waals surface area contributed by atoms with Gasteiger partial charge in [-0.3, -0.25) is 4.79 Å². The highest BCUT2D eigenvalue weighted by Crippen LogP contribution is 2.16. The van der Waals surface area contributed by atoms with Crippen LogP contribution in [0.5, 0.6) is 0 Å². The van der Waals surface area contributed by atoms with Crippen LogP contribution in [0.25, 0.3) is 0 Å². The van der Waals surface area contributed by atoms with Gasteiger partial charge in [0.15, 0.2) is 10.2 Å². The van der Waals surface area contributed by atoms with Crippen molar-refractivity contribution in [2.24, 2.45) is 0 Å². The van der Waals surface area contributed by atoms with Gasteiger partial charge in [0, 0.05) is 10.0 Å². The van der Waals surface area contributed by atoms with Crippen LogP contribution >= 0.6 is 39.2 Å². The lowest BCUT2D eigenvalue weighted by Crippen LogP contribution is -2.23. The molecule has 0 aliphatic heterocycles. The lowest BCUT2D eigenvalue weighted by Gasteiger charge is -2.02. The molecule has 18 heavy (non-hydrogen) atoms. The number of thioether (sulfide) groups is 1. The molecule has 0 unspecified atom stereocenters. The zero-order valence-corrected chi connectivity index (χ0v) is 12.7. The smallest absolute Gasteiger partial charge is 0.251 e. The predicted molar refractivity (Wildman–Crippen MR) is 77.0 cm³/mol. The predicted octanol–water partition coefficient (Wildman–Crippen LogP) is 2.95. The normalized spacial score (nSPS) is 10.3. The number of nitrogens with one attached hydrogen (secondary N) is 1. The Labute approximate surface area is 122 Å². The maximum atomic E-state index is 11.8. The van der Waals surface area contributed by atoms with Gasteiger partial charge >= 0.3 is 0 Å². The lowest BCUT2D eigenvalue weighted by molar-refractivity contribution is 0.0950. The first kappa shape index (κ1) is 13.5. The second-order valence-electron chi connectivity index (χ2n) is 3.37. The molecule has 1 amide bonds. The van der Waals surface area contributed by atoms with Crippen molar-refractivity contribution < 1.29 is 4.79 Å². The largest absolute Gasteiger partial charge is 0.345 e. The number of rotatable bonds is 4. The van der Waals surface area contributed by atoms with Gasteiger partial charge in [-0.05, 0) is 42.1 Å². The van der Waals surface area contributed by atoms with E-state index in [9.17, 15) is 4.79 Å². The van der Waals surface area contributed by atoms with Crippen LogP contribution < -0.4 is 5.32 Å². The summed E-state index contributed by atoms with van der Waals surface area (Å²) in [6.07, 6.45) is 1.95. The zero-order valence-electron chi connectivity index (χ0n) is 9.51. The number of benzene rings is 1. The van der Waals surface area contributed by atoms with Gasteiger partial charge in [-0.2, -0.15) is 4.37 Å². The molecule has 7 heteroatoms. The maximum absolute atomic E-state index is 11.8. The molecule has 2 aromatic rings. The summed E-state index contributed by atoms with van der Waals surface area (Å²) in [5, 5.41) is 2.79. The fourth-order valence-electron chi connectivity index (χ4n) is 1.26. The summed E-state index contributed by atoms with van der Waals surface area (Å²) in [6.45, 7) is 0.353. The number of amides is 1. The van der Waals surface area contributed by atoms with Crippen LogP contribution in [-0.2, 0) is 6.54 Å². The average molecular weight is 344 g/mol. The zero-order chi connectivity index (χ0) is 13.0. The van der Waals surface area contributed by atoms with Gasteiger partial charge in [0.25, 0.3) is 5.91 Å². The molecular weight excluding hydrogens is 334 g/mol. The van der Waals surface area contributed by atoms with Crippen molar-refractivity contribution in [3.8, 4) is 0 Å². The quantitative estimate of drug-likeness (QED) is 0.867. The molecule has 4 nitrogen and oxygen atoms in total. The van der Waals surface area contributed by atoms with Crippen LogP contribution in [0.1, 0.15) is 16.2 Å². The highest BCUT2D eigenvalue weighted by atomic mass is 79.9. The third-order valence-corrected chi connectivity index (χ3v) is 4.38. The minimum Gasteiger partial charge on any atom is -0.345 e. The topological polar surface area (TPSA) is 54.9 Å². The minimum absolute atomic E-state index is 0.122. The molecule has 0 radical (unpaired) electrons. The molecule has 1 aromatic carbocycles. The number of halogens is 1. The van der Waals surface area contributed by atoms with E-state index in [1.165, 1.54) is 11.5 Å². The van der Waals surface area contributed by atoms with Crippen LogP contribution in [0, 0.1) is 0 Å². The van der Waals surface area contributed by atoms with Gasteiger partial charge in [-0.15, -0.1) is 0 Å². The summed E-state index contributed by atoms with van der Waals surface area (Å²) >= 11 is 6.22. The van der Waals surface area contributed by atoms with Gasteiger partial charge < -0.3 is 5.32 Å². The maximum Gasteiger partial charge on any atom is 0.251 e. The lowest BCUT2D eigenvalue weighted by atomic mass is 10.2. The Morgan fingerprint density at radius 3 is 2.78 bits per heavy atom. The summed E-state index contributed by atoms with van der Waals surface area (Å²) < 4.78 is 6.01. The van der Waals surface area contributed by atoms with Crippen molar-refractivity contribution in [3.05, 3.63) is 40.1 Å². The monoisotopic (exact) mass is 343 g/mol. The fourth-order valence-corrected chi connectivity index (χ4v) is 2.56. The number of aromatic nitrogens is 2. The molecule has 0 saturated heterocycles. The Bertz CT molecular complexity index is 541. The SMILES string of the molecule is CSc1nc(CNC(=O)c2ccc(Br)cc2)ns1. The Morgan fingerprint density at radius 1 is 1.44 bits per heavy atom. The van der Waals surface area contributed by atoms with Crippen molar-refractivity contribution >= 4 is 45.1 Å². The van der Waals surface area contributed by atoms with Crippen molar-refractivity contribution in [2.45, 2.75) is 10.9 Å². The Hall–Kier alpha value is -0.920. The highest BCUT2D eigenvalue weighted by Gasteiger charge is 2.07. The van der Waals surface area contributed by atoms with Crippen molar-refractivity contribution in [1.82, 2.24) is 14.7 Å². The molecule has 0 bridgehead atoms. The first-order valence-corrected chi connectivity index (χ1v) is 7.88. The van der Waals surface area contributed by atoms with E-state index in [-0.39, 0.29) is 5.91 Å². The highest BCUT2D eigenvalue weighted by molar-refractivity contribution is 9.10. The Balaban J connectivity index is 1.93. The van der Waals surface area contributed by atoms with Gasteiger partial charge in [0.1, 0.15) is 0 Å². The molecular formula is C11H10BrN3OS2. The Kier molecular flexibility index (Phi) is 4.73. The molecule has 0 fully saturated rings. The van der Waals surface area contributed by atoms with Crippen LogP contribution in [0.2, 0.25) is 0 Å². The minimum atomic E-state index is -0.122. The first-order valence-electron chi connectivity index (χ1n) is 5.09. The average Bonchev–Trinajstić information content (AvgIpc) is 2.85. The Morgan fingerprint density at radius 2 is 2.17 bits per heavy atom. The number of carbonyl (C=O) groups excluding carboxylic acids is 1. The molecule has 94 valence electrons. The molecule has 1 heterocycles. The van der Waals surface area contributed by atoms with Gasteiger partial charge in [0.2, 0.25) is 0 Å². The van der Waals surface area contributed by atoms with E-state index in [4.69, 9.17) is 0 Å². The third-order valence-electron chi connectivity index (χ3n) is 2.14. The second kappa shape index (κ2) is 6.31.